The lowest BCUT2D eigenvalue weighted by atomic mass is 9.84. The van der Waals surface area contributed by atoms with Crippen molar-refractivity contribution in [3.8, 4) is 0 Å². The Morgan fingerprint density at radius 2 is 1.89 bits per heavy atom. The third kappa shape index (κ3) is 6.94. The second-order valence-electron chi connectivity index (χ2n) is 12.0. The Morgan fingerprint density at radius 1 is 1.18 bits per heavy atom. The molecule has 1 saturated heterocycles. The van der Waals surface area contributed by atoms with Crippen LogP contribution in [0, 0.1) is 11.6 Å². The highest BCUT2D eigenvalue weighted by molar-refractivity contribution is 7.89. The number of amides is 1. The Kier molecular flexibility index (Phi) is 9.37. The van der Waals surface area contributed by atoms with Gasteiger partial charge in [0.2, 0.25) is 10.0 Å². The highest BCUT2D eigenvalue weighted by Gasteiger charge is 2.41. The molecule has 0 bridgehead atoms. The largest absolute Gasteiger partial charge is 0.395 e. The van der Waals surface area contributed by atoms with Gasteiger partial charge in [0.25, 0.3) is 5.91 Å². The molecular weight excluding hydrogens is 594 g/mol. The van der Waals surface area contributed by atoms with Gasteiger partial charge < -0.3 is 20.5 Å². The van der Waals surface area contributed by atoms with Crippen molar-refractivity contribution in [2.45, 2.75) is 56.1 Å². The summed E-state index contributed by atoms with van der Waals surface area (Å²) in [5.41, 5.74) is 2.37. The van der Waals surface area contributed by atoms with E-state index in [1.807, 2.05) is 37.9 Å². The number of halogens is 2. The molecule has 1 aromatic heterocycles. The Labute approximate surface area is 255 Å². The highest BCUT2D eigenvalue weighted by Crippen LogP contribution is 2.38. The van der Waals surface area contributed by atoms with Crippen molar-refractivity contribution in [1.29, 1.82) is 0 Å². The number of aromatic nitrogens is 2. The van der Waals surface area contributed by atoms with Gasteiger partial charge in [-0.15, -0.1) is 0 Å². The van der Waals surface area contributed by atoms with E-state index in [-0.39, 0.29) is 31.6 Å². The van der Waals surface area contributed by atoms with Gasteiger partial charge >= 0.3 is 0 Å². The van der Waals surface area contributed by atoms with E-state index in [0.717, 1.165) is 34.8 Å². The molecule has 2 aliphatic rings. The molecule has 44 heavy (non-hydrogen) atoms. The van der Waals surface area contributed by atoms with Crippen molar-refractivity contribution in [3.05, 3.63) is 70.4 Å². The number of hydrogen-bond donors (Lipinski definition) is 4. The highest BCUT2D eigenvalue weighted by atomic mass is 32.2. The maximum atomic E-state index is 13.9. The van der Waals surface area contributed by atoms with Crippen LogP contribution in [0.4, 0.5) is 20.3 Å². The van der Waals surface area contributed by atoms with Crippen LogP contribution < -0.4 is 10.6 Å². The number of aromatic amines is 1. The van der Waals surface area contributed by atoms with Crippen LogP contribution in [0.2, 0.25) is 0 Å². The van der Waals surface area contributed by atoms with E-state index in [9.17, 15) is 27.1 Å². The van der Waals surface area contributed by atoms with Gasteiger partial charge in [-0.05, 0) is 49.7 Å². The topological polar surface area (TPSA) is 140 Å². The molecule has 0 unspecified atom stereocenters. The predicted molar refractivity (Wildman–Crippen MR) is 161 cm³/mol. The van der Waals surface area contributed by atoms with Gasteiger partial charge in [-0.3, -0.25) is 14.8 Å². The summed E-state index contributed by atoms with van der Waals surface area (Å²) in [5, 5.41) is 22.9. The maximum absolute atomic E-state index is 13.9. The van der Waals surface area contributed by atoms with Crippen molar-refractivity contribution in [2.24, 2.45) is 0 Å². The first-order chi connectivity index (χ1) is 20.9. The molecule has 238 valence electrons. The summed E-state index contributed by atoms with van der Waals surface area (Å²) in [4.78, 5) is 15.2. The molecule has 0 aliphatic carbocycles. The Morgan fingerprint density at radius 3 is 2.57 bits per heavy atom. The second-order valence-corrected chi connectivity index (χ2v) is 14.0. The fraction of sp³-hybridized carbons (Fsp3) is 0.467. The zero-order valence-corrected chi connectivity index (χ0v) is 25.8. The van der Waals surface area contributed by atoms with Crippen LogP contribution in [-0.4, -0.2) is 84.8 Å². The quantitative estimate of drug-likeness (QED) is 0.267. The lowest BCUT2D eigenvalue weighted by Crippen LogP contribution is -2.45. The smallest absolute Gasteiger partial charge is 0.258 e. The van der Waals surface area contributed by atoms with Crippen molar-refractivity contribution in [3.63, 3.8) is 0 Å². The summed E-state index contributed by atoms with van der Waals surface area (Å²) < 4.78 is 61.5. The lowest BCUT2D eigenvalue weighted by Gasteiger charge is -2.36. The van der Waals surface area contributed by atoms with E-state index in [0.29, 0.717) is 54.9 Å². The van der Waals surface area contributed by atoms with Gasteiger partial charge in [0, 0.05) is 73.9 Å². The number of nitrogens with one attached hydrogen (secondary N) is 3. The first-order valence-electron chi connectivity index (χ1n) is 14.5. The summed E-state index contributed by atoms with van der Waals surface area (Å²) in [6.07, 6.45) is 1.58. The number of sulfonamides is 1. The van der Waals surface area contributed by atoms with E-state index in [2.05, 4.69) is 20.8 Å². The zero-order valence-electron chi connectivity index (χ0n) is 25.0. The van der Waals surface area contributed by atoms with Crippen LogP contribution in [0.25, 0.3) is 0 Å². The monoisotopic (exact) mass is 632 g/mol. The molecule has 0 spiro atoms. The van der Waals surface area contributed by atoms with Gasteiger partial charge in [0.1, 0.15) is 11.6 Å². The Bertz CT molecular complexity index is 1600. The maximum Gasteiger partial charge on any atom is 0.258 e. The summed E-state index contributed by atoms with van der Waals surface area (Å²) >= 11 is 0. The molecule has 4 N–H and O–H groups in total. The Balaban J connectivity index is 1.43. The molecule has 0 atom stereocenters. The second kappa shape index (κ2) is 12.9. The number of benzene rings is 2. The normalized spacial score (nSPS) is 17.4. The van der Waals surface area contributed by atoms with Gasteiger partial charge in [-0.25, -0.2) is 17.2 Å². The van der Waals surface area contributed by atoms with Crippen LogP contribution in [0.5, 0.6) is 0 Å². The number of aliphatic hydroxyl groups is 1. The van der Waals surface area contributed by atoms with Crippen molar-refractivity contribution in [2.75, 3.05) is 50.6 Å². The lowest BCUT2D eigenvalue weighted by molar-refractivity contribution is 0.0904. The number of rotatable bonds is 10. The minimum absolute atomic E-state index is 0.0292. The van der Waals surface area contributed by atoms with Gasteiger partial charge in [-0.2, -0.15) is 9.40 Å². The summed E-state index contributed by atoms with van der Waals surface area (Å²) in [7, 11) is -2.38. The number of aliphatic hydroxyl groups excluding tert-OH is 1. The van der Waals surface area contributed by atoms with E-state index in [1.165, 1.54) is 0 Å². The number of carbonyl (C=O) groups is 1. The summed E-state index contributed by atoms with van der Waals surface area (Å²) in [6, 6.07) is 7.82. The standard InChI is InChI=1S/C30H38F2N6O5S/c1-30(2)18-38(44(41,42)23-14-20(31)13-21(32)15-23)17-25-27(30)35-36-28(25)34-29(40)24-5-4-19(16-37(3)8-9-39)12-26(24)33-22-6-10-43-11-7-22/h4-5,12-15,22,33,39H,6-11,16-18H2,1-3H3,(H2,34,35,36,40). The summed E-state index contributed by atoms with van der Waals surface area (Å²) in [5.74, 6) is -2.25. The number of likely N-dealkylation sites (N-methyl/N-ethyl adjacent to an activating group) is 1. The van der Waals surface area contributed by atoms with Crippen LogP contribution in [-0.2, 0) is 33.3 Å². The predicted octanol–water partition coefficient (Wildman–Crippen LogP) is 3.44. The summed E-state index contributed by atoms with van der Waals surface area (Å²) in [6.45, 7) is 5.88. The molecule has 1 fully saturated rings. The van der Waals surface area contributed by atoms with E-state index in [1.54, 1.807) is 6.07 Å². The average molecular weight is 633 g/mol. The van der Waals surface area contributed by atoms with E-state index >= 15 is 0 Å². The third-order valence-corrected chi connectivity index (χ3v) is 9.77. The third-order valence-electron chi connectivity index (χ3n) is 8.00. The number of hydrogen-bond acceptors (Lipinski definition) is 8. The number of H-pyrrole nitrogens is 1. The molecule has 14 heteroatoms. The minimum Gasteiger partial charge on any atom is -0.395 e. The SMILES string of the molecule is CN(CCO)Cc1ccc(C(=O)Nc2n[nH]c3c2CN(S(=O)(=O)c2cc(F)cc(F)c2)CC3(C)C)c(NC2CCOCC2)c1. The molecule has 0 radical (unpaired) electrons. The molecule has 5 rings (SSSR count). The molecule has 2 aromatic carbocycles. The zero-order chi connectivity index (χ0) is 31.6. The molecule has 2 aliphatic heterocycles. The molecule has 3 aromatic rings. The van der Waals surface area contributed by atoms with Gasteiger partial charge in [-0.1, -0.05) is 19.9 Å². The van der Waals surface area contributed by atoms with E-state index in [4.69, 9.17) is 4.74 Å². The van der Waals surface area contributed by atoms with Crippen molar-refractivity contribution < 1.29 is 31.8 Å². The fourth-order valence-electron chi connectivity index (χ4n) is 5.74. The Hall–Kier alpha value is -3.43. The van der Waals surface area contributed by atoms with Crippen molar-refractivity contribution >= 4 is 27.4 Å². The number of nitrogens with zero attached hydrogens (tertiary/aromatic N) is 3. The molecular formula is C30H38F2N6O5S. The molecule has 3 heterocycles. The molecule has 0 saturated carbocycles. The number of carbonyl (C=O) groups excluding carboxylic acids is 1. The molecule has 1 amide bonds. The van der Waals surface area contributed by atoms with Crippen LogP contribution in [0.1, 0.15) is 53.9 Å². The minimum atomic E-state index is -4.28. The average Bonchev–Trinajstić information content (AvgIpc) is 3.36. The van der Waals surface area contributed by atoms with Crippen molar-refractivity contribution in [1.82, 2.24) is 19.4 Å². The van der Waals surface area contributed by atoms with Gasteiger partial charge in [0.05, 0.1) is 17.1 Å². The van der Waals surface area contributed by atoms with Crippen LogP contribution in [0.3, 0.4) is 0 Å². The van der Waals surface area contributed by atoms with E-state index < -0.39 is 37.9 Å². The van der Waals surface area contributed by atoms with Gasteiger partial charge in [0.15, 0.2) is 5.82 Å². The molecule has 11 nitrogen and oxygen atoms in total. The fourth-order valence-corrected chi connectivity index (χ4v) is 7.35. The first-order valence-corrected chi connectivity index (χ1v) is 15.9. The first kappa shape index (κ1) is 32.0. The van der Waals surface area contributed by atoms with Crippen LogP contribution in [0.15, 0.2) is 41.3 Å². The number of fused-ring (bicyclic) bond motifs is 1. The number of ether oxygens (including phenoxy) is 1. The number of anilines is 2. The van der Waals surface area contributed by atoms with Crippen LogP contribution >= 0.6 is 0 Å².